The highest BCUT2D eigenvalue weighted by Crippen LogP contribution is 2.36. The number of hydrogen-bond donors (Lipinski definition) is 2. The number of carbonyl (C=O) groups is 3. The van der Waals surface area contributed by atoms with E-state index >= 15 is 0 Å². The maximum atomic E-state index is 13.1. The van der Waals surface area contributed by atoms with Gasteiger partial charge >= 0.3 is 0 Å². The van der Waals surface area contributed by atoms with Crippen LogP contribution in [0, 0.1) is 12.7 Å². The highest BCUT2D eigenvalue weighted by Gasteiger charge is 2.42. The van der Waals surface area contributed by atoms with Crippen LogP contribution in [-0.2, 0) is 21.4 Å². The Morgan fingerprint density at radius 1 is 1.15 bits per heavy atom. The summed E-state index contributed by atoms with van der Waals surface area (Å²) in [5.74, 6) is -1.06. The Labute approximate surface area is 195 Å². The number of amides is 3. The quantitative estimate of drug-likeness (QED) is 0.524. The minimum atomic E-state index is -0.736. The first-order valence-electron chi connectivity index (χ1n) is 10.8. The molecule has 0 aliphatic carbocycles. The molecule has 3 aromatic rings. The molecule has 2 N–H and O–H groups in total. The van der Waals surface area contributed by atoms with Gasteiger partial charge in [-0.05, 0) is 55.2 Å². The van der Waals surface area contributed by atoms with E-state index in [9.17, 15) is 18.8 Å². The number of rotatable bonds is 6. The van der Waals surface area contributed by atoms with E-state index in [-0.39, 0.29) is 23.5 Å². The van der Waals surface area contributed by atoms with Crippen LogP contribution < -0.4 is 10.6 Å². The van der Waals surface area contributed by atoms with Gasteiger partial charge in [0.2, 0.25) is 11.8 Å². The van der Waals surface area contributed by atoms with E-state index in [4.69, 9.17) is 0 Å². The first-order valence-corrected chi connectivity index (χ1v) is 11.6. The number of aryl methyl sites for hydroxylation is 1. The van der Waals surface area contributed by atoms with Crippen molar-refractivity contribution in [2.45, 2.75) is 44.9 Å². The van der Waals surface area contributed by atoms with Gasteiger partial charge in [0, 0.05) is 18.5 Å². The van der Waals surface area contributed by atoms with E-state index < -0.39 is 5.41 Å². The summed E-state index contributed by atoms with van der Waals surface area (Å²) in [5.41, 5.74) is 2.25. The molecular formula is C25H24FN3O3S. The zero-order valence-electron chi connectivity index (χ0n) is 18.4. The van der Waals surface area contributed by atoms with Gasteiger partial charge in [0.15, 0.2) is 0 Å². The van der Waals surface area contributed by atoms with Crippen LogP contribution in [0.5, 0.6) is 0 Å². The molecular weight excluding hydrogens is 441 g/mol. The van der Waals surface area contributed by atoms with Crippen LogP contribution in [0.3, 0.4) is 0 Å². The molecule has 1 saturated heterocycles. The van der Waals surface area contributed by atoms with Crippen molar-refractivity contribution in [2.24, 2.45) is 0 Å². The lowest BCUT2D eigenvalue weighted by Gasteiger charge is -2.35. The molecule has 1 aliphatic rings. The van der Waals surface area contributed by atoms with E-state index in [1.807, 2.05) is 19.1 Å². The molecule has 0 saturated carbocycles. The summed E-state index contributed by atoms with van der Waals surface area (Å²) >= 11 is 1.31. The van der Waals surface area contributed by atoms with Crippen LogP contribution in [-0.4, -0.2) is 22.7 Å². The molecule has 4 rings (SSSR count). The molecule has 0 bridgehead atoms. The SMILES string of the molecule is CCC1(c2ccc(NC(=O)c3sc(Cc4ccc(F)cc4)nc3C)cc2)CCC(=O)NC1=O. The predicted octanol–water partition coefficient (Wildman–Crippen LogP) is 4.52. The van der Waals surface area contributed by atoms with Gasteiger partial charge < -0.3 is 5.32 Å². The standard InChI is InChI=1S/C25H24FN3O3S/c1-3-25(13-12-20(30)29-24(25)32)17-6-10-19(11-7-17)28-23(31)22-15(2)27-21(33-22)14-16-4-8-18(26)9-5-16/h4-11H,3,12-14H2,1-2H3,(H,28,31)(H,29,30,32). The smallest absolute Gasteiger partial charge is 0.267 e. The number of nitrogens with zero attached hydrogens (tertiary/aromatic N) is 1. The molecule has 2 aromatic carbocycles. The van der Waals surface area contributed by atoms with Crippen LogP contribution in [0.15, 0.2) is 48.5 Å². The number of nitrogens with one attached hydrogen (secondary N) is 2. The molecule has 1 aromatic heterocycles. The number of imide groups is 1. The van der Waals surface area contributed by atoms with Gasteiger partial charge in [-0.25, -0.2) is 9.37 Å². The molecule has 170 valence electrons. The van der Waals surface area contributed by atoms with Crippen molar-refractivity contribution < 1.29 is 18.8 Å². The van der Waals surface area contributed by atoms with Gasteiger partial charge in [0.1, 0.15) is 10.7 Å². The molecule has 1 fully saturated rings. The molecule has 3 amide bonds. The van der Waals surface area contributed by atoms with Crippen molar-refractivity contribution in [2.75, 3.05) is 5.32 Å². The van der Waals surface area contributed by atoms with Crippen molar-refractivity contribution in [3.8, 4) is 0 Å². The fourth-order valence-corrected chi connectivity index (χ4v) is 5.14. The number of halogens is 1. The zero-order valence-corrected chi connectivity index (χ0v) is 19.2. The summed E-state index contributed by atoms with van der Waals surface area (Å²) in [7, 11) is 0. The third kappa shape index (κ3) is 4.71. The number of hydrogen-bond acceptors (Lipinski definition) is 5. The Balaban J connectivity index is 1.47. The number of thiazole rings is 1. The summed E-state index contributed by atoms with van der Waals surface area (Å²) in [6.07, 6.45) is 1.88. The van der Waals surface area contributed by atoms with Crippen molar-refractivity contribution in [1.82, 2.24) is 10.3 Å². The van der Waals surface area contributed by atoms with Crippen molar-refractivity contribution >= 4 is 34.7 Å². The van der Waals surface area contributed by atoms with E-state index in [1.54, 1.807) is 31.2 Å². The minimum absolute atomic E-state index is 0.244. The second kappa shape index (κ2) is 9.23. The van der Waals surface area contributed by atoms with Crippen LogP contribution >= 0.6 is 11.3 Å². The summed E-state index contributed by atoms with van der Waals surface area (Å²) in [4.78, 5) is 42.0. The molecule has 6 nitrogen and oxygen atoms in total. The fraction of sp³-hybridized carbons (Fsp3) is 0.280. The number of anilines is 1. The summed E-state index contributed by atoms with van der Waals surface area (Å²) in [5, 5.41) is 6.11. The third-order valence-corrected chi connectivity index (χ3v) is 7.24. The van der Waals surface area contributed by atoms with E-state index in [0.717, 1.165) is 16.1 Å². The topological polar surface area (TPSA) is 88.2 Å². The maximum absolute atomic E-state index is 13.1. The lowest BCUT2D eigenvalue weighted by Crippen LogP contribution is -2.51. The minimum Gasteiger partial charge on any atom is -0.321 e. The van der Waals surface area contributed by atoms with Gasteiger partial charge in [0.25, 0.3) is 5.91 Å². The van der Waals surface area contributed by atoms with E-state index in [1.165, 1.54) is 23.5 Å². The number of piperidine rings is 1. The average molecular weight is 466 g/mol. The van der Waals surface area contributed by atoms with Crippen molar-refractivity contribution in [3.63, 3.8) is 0 Å². The Bertz CT molecular complexity index is 1200. The molecule has 1 aliphatic heterocycles. The Hall–Kier alpha value is -3.39. The summed E-state index contributed by atoms with van der Waals surface area (Å²) in [6, 6.07) is 13.4. The molecule has 1 atom stereocenters. The van der Waals surface area contributed by atoms with Crippen LogP contribution in [0.2, 0.25) is 0 Å². The molecule has 33 heavy (non-hydrogen) atoms. The molecule has 2 heterocycles. The second-order valence-corrected chi connectivity index (χ2v) is 9.25. The Morgan fingerprint density at radius 3 is 2.48 bits per heavy atom. The number of benzene rings is 2. The Kier molecular flexibility index (Phi) is 6.37. The first kappa shape index (κ1) is 22.8. The molecule has 8 heteroatoms. The fourth-order valence-electron chi connectivity index (χ4n) is 4.14. The third-order valence-electron chi connectivity index (χ3n) is 6.08. The normalized spacial score (nSPS) is 18.2. The van der Waals surface area contributed by atoms with Gasteiger partial charge in [-0.3, -0.25) is 19.7 Å². The number of aromatic nitrogens is 1. The van der Waals surface area contributed by atoms with Gasteiger partial charge in [-0.1, -0.05) is 31.2 Å². The van der Waals surface area contributed by atoms with Crippen LogP contribution in [0.1, 0.15) is 57.7 Å². The lowest BCUT2D eigenvalue weighted by atomic mass is 9.72. The highest BCUT2D eigenvalue weighted by atomic mass is 32.1. The maximum Gasteiger partial charge on any atom is 0.267 e. The van der Waals surface area contributed by atoms with Crippen molar-refractivity contribution in [3.05, 3.63) is 81.1 Å². The molecule has 0 spiro atoms. The van der Waals surface area contributed by atoms with E-state index in [2.05, 4.69) is 15.6 Å². The predicted molar refractivity (Wildman–Crippen MR) is 125 cm³/mol. The van der Waals surface area contributed by atoms with Gasteiger partial charge in [-0.15, -0.1) is 11.3 Å². The van der Waals surface area contributed by atoms with E-state index in [0.29, 0.717) is 41.9 Å². The Morgan fingerprint density at radius 2 is 1.85 bits per heavy atom. The van der Waals surface area contributed by atoms with Crippen LogP contribution in [0.4, 0.5) is 10.1 Å². The van der Waals surface area contributed by atoms with Gasteiger partial charge in [0.05, 0.1) is 16.1 Å². The first-order chi connectivity index (χ1) is 15.8. The zero-order chi connectivity index (χ0) is 23.6. The average Bonchev–Trinajstić information content (AvgIpc) is 3.16. The largest absolute Gasteiger partial charge is 0.321 e. The second-order valence-electron chi connectivity index (χ2n) is 8.17. The monoisotopic (exact) mass is 465 g/mol. The molecule has 0 radical (unpaired) electrons. The summed E-state index contributed by atoms with van der Waals surface area (Å²) < 4.78 is 13.1. The highest BCUT2D eigenvalue weighted by molar-refractivity contribution is 7.14. The summed E-state index contributed by atoms with van der Waals surface area (Å²) in [6.45, 7) is 3.72. The molecule has 1 unspecified atom stereocenters. The number of carbonyl (C=O) groups excluding carboxylic acids is 3. The van der Waals surface area contributed by atoms with Gasteiger partial charge in [-0.2, -0.15) is 0 Å². The lowest BCUT2D eigenvalue weighted by molar-refractivity contribution is -0.138. The van der Waals surface area contributed by atoms with Crippen LogP contribution in [0.25, 0.3) is 0 Å². The van der Waals surface area contributed by atoms with Crippen molar-refractivity contribution in [1.29, 1.82) is 0 Å².